The lowest BCUT2D eigenvalue weighted by atomic mass is 9.95. The molecule has 0 N–H and O–H groups in total. The predicted octanol–water partition coefficient (Wildman–Crippen LogP) is 2.62. The minimum absolute atomic E-state index is 0.0906. The Bertz CT molecular complexity index is 1120. The van der Waals surface area contributed by atoms with Crippen LogP contribution < -0.4 is 0 Å². The highest BCUT2D eigenvalue weighted by molar-refractivity contribution is 7.89. The molecule has 3 aromatic rings. The van der Waals surface area contributed by atoms with Gasteiger partial charge < -0.3 is 0 Å². The second-order valence-corrected chi connectivity index (χ2v) is 7.77. The second-order valence-electron chi connectivity index (χ2n) is 5.83. The Morgan fingerprint density at radius 3 is 2.38 bits per heavy atom. The normalized spacial score (nSPS) is 15.7. The fraction of sp³-hybridized carbons (Fsp3) is 0.0526. The maximum absolute atomic E-state index is 13.1. The molecule has 0 radical (unpaired) electrons. The van der Waals surface area contributed by atoms with Gasteiger partial charge in [0.2, 0.25) is 0 Å². The Hall–Kier alpha value is -3.19. The molecule has 2 aromatic carbocycles. The maximum Gasteiger partial charge on any atom is 0.281 e. The minimum Gasteiger partial charge on any atom is -0.271 e. The van der Waals surface area contributed by atoms with E-state index in [0.717, 1.165) is 9.87 Å². The van der Waals surface area contributed by atoms with Gasteiger partial charge in [-0.25, -0.2) is 13.4 Å². The van der Waals surface area contributed by atoms with Crippen molar-refractivity contribution in [3.63, 3.8) is 0 Å². The number of carbonyl (C=O) groups is 1. The van der Waals surface area contributed by atoms with Gasteiger partial charge in [-0.05, 0) is 11.6 Å². The van der Waals surface area contributed by atoms with Gasteiger partial charge in [0, 0.05) is 30.6 Å². The number of imidazole rings is 1. The highest BCUT2D eigenvalue weighted by Gasteiger charge is 2.38. The van der Waals surface area contributed by atoms with Crippen LogP contribution in [-0.4, -0.2) is 35.2 Å². The standard InChI is InChI=1S/C19H15N3O3S/c1-21-18(19(23)22-12-11-20-13-22)17(14-7-3-2-4-8-14)15-9-5-6-10-16(15)26(21,24)25/h2-13H,1H3. The van der Waals surface area contributed by atoms with Crippen molar-refractivity contribution in [2.45, 2.75) is 4.90 Å². The van der Waals surface area contributed by atoms with Crippen molar-refractivity contribution in [1.29, 1.82) is 0 Å². The van der Waals surface area contributed by atoms with Gasteiger partial charge >= 0.3 is 0 Å². The van der Waals surface area contributed by atoms with Gasteiger partial charge in [0.15, 0.2) is 0 Å². The van der Waals surface area contributed by atoms with Crippen molar-refractivity contribution in [3.8, 4) is 0 Å². The minimum atomic E-state index is -3.83. The van der Waals surface area contributed by atoms with Gasteiger partial charge in [0.25, 0.3) is 15.9 Å². The summed E-state index contributed by atoms with van der Waals surface area (Å²) < 4.78 is 28.3. The van der Waals surface area contributed by atoms with Crippen molar-refractivity contribution in [2.75, 3.05) is 7.05 Å². The van der Waals surface area contributed by atoms with Gasteiger partial charge in [0.05, 0.1) is 4.90 Å². The first-order valence-corrected chi connectivity index (χ1v) is 9.36. The number of carbonyl (C=O) groups excluding carboxylic acids is 1. The maximum atomic E-state index is 13.1. The van der Waals surface area contributed by atoms with E-state index in [-0.39, 0.29) is 10.6 Å². The summed E-state index contributed by atoms with van der Waals surface area (Å²) in [5.74, 6) is -0.457. The smallest absolute Gasteiger partial charge is 0.271 e. The molecule has 1 aromatic heterocycles. The van der Waals surface area contributed by atoms with Gasteiger partial charge in [-0.3, -0.25) is 13.7 Å². The summed E-state index contributed by atoms with van der Waals surface area (Å²) in [4.78, 5) is 17.2. The second kappa shape index (κ2) is 5.96. The molecule has 0 spiro atoms. The largest absolute Gasteiger partial charge is 0.281 e. The topological polar surface area (TPSA) is 72.3 Å². The average Bonchev–Trinajstić information content (AvgIpc) is 3.20. The monoisotopic (exact) mass is 365 g/mol. The van der Waals surface area contributed by atoms with Crippen LogP contribution in [0.2, 0.25) is 0 Å². The van der Waals surface area contributed by atoms with E-state index < -0.39 is 15.9 Å². The Balaban J connectivity index is 2.10. The van der Waals surface area contributed by atoms with Crippen molar-refractivity contribution in [3.05, 3.63) is 90.1 Å². The molecule has 0 unspecified atom stereocenters. The van der Waals surface area contributed by atoms with E-state index in [2.05, 4.69) is 4.98 Å². The number of nitrogens with zero attached hydrogens (tertiary/aromatic N) is 3. The SMILES string of the molecule is CN1C(C(=O)n2ccnc2)=C(c2ccccc2)c2ccccc2S1(=O)=O. The van der Waals surface area contributed by atoms with E-state index >= 15 is 0 Å². The van der Waals surface area contributed by atoms with E-state index in [4.69, 9.17) is 0 Å². The van der Waals surface area contributed by atoms with Crippen LogP contribution in [0, 0.1) is 0 Å². The zero-order chi connectivity index (χ0) is 18.3. The first-order chi connectivity index (χ1) is 12.5. The number of sulfonamides is 1. The summed E-state index contributed by atoms with van der Waals surface area (Å²) in [6.07, 6.45) is 4.34. The highest BCUT2D eigenvalue weighted by atomic mass is 32.2. The summed E-state index contributed by atoms with van der Waals surface area (Å²) in [6.45, 7) is 0. The molecule has 7 heteroatoms. The molecule has 0 saturated carbocycles. The zero-order valence-corrected chi connectivity index (χ0v) is 14.7. The number of likely N-dealkylation sites (N-methyl/N-ethyl adjacent to an activating group) is 1. The third-order valence-electron chi connectivity index (χ3n) is 4.35. The van der Waals surface area contributed by atoms with E-state index in [1.807, 2.05) is 30.3 Å². The first-order valence-electron chi connectivity index (χ1n) is 7.92. The van der Waals surface area contributed by atoms with Gasteiger partial charge in [0.1, 0.15) is 12.0 Å². The third-order valence-corrected chi connectivity index (χ3v) is 6.17. The Kier molecular flexibility index (Phi) is 3.73. The molecular weight excluding hydrogens is 350 g/mol. The number of rotatable bonds is 2. The number of hydrogen-bond donors (Lipinski definition) is 0. The molecule has 130 valence electrons. The summed E-state index contributed by atoms with van der Waals surface area (Å²) in [6, 6.07) is 16.0. The molecule has 0 fully saturated rings. The zero-order valence-electron chi connectivity index (χ0n) is 13.9. The molecule has 26 heavy (non-hydrogen) atoms. The van der Waals surface area contributed by atoms with Crippen LogP contribution in [0.4, 0.5) is 0 Å². The lowest BCUT2D eigenvalue weighted by molar-refractivity contribution is 0.0936. The van der Waals surface area contributed by atoms with Crippen LogP contribution >= 0.6 is 0 Å². The van der Waals surface area contributed by atoms with E-state index in [1.54, 1.807) is 24.3 Å². The number of hydrogen-bond acceptors (Lipinski definition) is 4. The summed E-state index contributed by atoms with van der Waals surface area (Å²) in [5.41, 5.74) is 1.95. The van der Waals surface area contributed by atoms with E-state index in [0.29, 0.717) is 11.1 Å². The summed E-state index contributed by atoms with van der Waals surface area (Å²) >= 11 is 0. The highest BCUT2D eigenvalue weighted by Crippen LogP contribution is 2.39. The molecule has 1 aliphatic heterocycles. The van der Waals surface area contributed by atoms with Gasteiger partial charge in [-0.1, -0.05) is 48.5 Å². The molecule has 0 amide bonds. The van der Waals surface area contributed by atoms with Crippen LogP contribution in [0.5, 0.6) is 0 Å². The first kappa shape index (κ1) is 16.3. The van der Waals surface area contributed by atoms with Crippen LogP contribution in [-0.2, 0) is 10.0 Å². The average molecular weight is 365 g/mol. The van der Waals surface area contributed by atoms with Crippen LogP contribution in [0.1, 0.15) is 15.9 Å². The van der Waals surface area contributed by atoms with E-state index in [1.165, 1.54) is 30.3 Å². The Morgan fingerprint density at radius 1 is 1.00 bits per heavy atom. The predicted molar refractivity (Wildman–Crippen MR) is 96.7 cm³/mol. The fourth-order valence-electron chi connectivity index (χ4n) is 3.09. The molecule has 0 bridgehead atoms. The number of benzene rings is 2. The van der Waals surface area contributed by atoms with Gasteiger partial charge in [-0.2, -0.15) is 0 Å². The Labute approximate surface area is 151 Å². The van der Waals surface area contributed by atoms with Gasteiger partial charge in [-0.15, -0.1) is 0 Å². The van der Waals surface area contributed by atoms with Crippen molar-refractivity contribution in [1.82, 2.24) is 13.9 Å². The lowest BCUT2D eigenvalue weighted by Gasteiger charge is -2.31. The lowest BCUT2D eigenvalue weighted by Crippen LogP contribution is -2.36. The molecular formula is C19H15N3O3S. The molecule has 1 aliphatic rings. The molecule has 6 nitrogen and oxygen atoms in total. The third kappa shape index (κ3) is 2.36. The Morgan fingerprint density at radius 2 is 1.69 bits per heavy atom. The molecule has 0 saturated heterocycles. The molecule has 2 heterocycles. The fourth-order valence-corrected chi connectivity index (χ4v) is 4.49. The quantitative estimate of drug-likeness (QED) is 0.700. The molecule has 0 atom stereocenters. The molecule has 4 rings (SSSR count). The number of allylic oxidation sites excluding steroid dienone is 1. The van der Waals surface area contributed by atoms with Crippen molar-refractivity contribution in [2.24, 2.45) is 0 Å². The summed E-state index contributed by atoms with van der Waals surface area (Å²) in [5, 5.41) is 0. The van der Waals surface area contributed by atoms with E-state index in [9.17, 15) is 13.2 Å². The summed E-state index contributed by atoms with van der Waals surface area (Å²) in [7, 11) is -2.42. The molecule has 0 aliphatic carbocycles. The number of aromatic nitrogens is 2. The van der Waals surface area contributed by atoms with Crippen molar-refractivity contribution < 1.29 is 13.2 Å². The number of fused-ring (bicyclic) bond motifs is 1. The van der Waals surface area contributed by atoms with Crippen LogP contribution in [0.15, 0.2) is 83.9 Å². The van der Waals surface area contributed by atoms with Crippen LogP contribution in [0.3, 0.4) is 0 Å². The van der Waals surface area contributed by atoms with Crippen molar-refractivity contribution >= 4 is 21.5 Å². The van der Waals surface area contributed by atoms with Crippen LogP contribution in [0.25, 0.3) is 5.57 Å².